The summed E-state index contributed by atoms with van der Waals surface area (Å²) in [7, 11) is 4.01. The molecule has 0 saturated carbocycles. The van der Waals surface area contributed by atoms with Gasteiger partial charge in [-0.1, -0.05) is 30.3 Å². The van der Waals surface area contributed by atoms with Crippen LogP contribution in [-0.4, -0.2) is 34.4 Å². The number of nitrogens with one attached hydrogen (secondary N) is 1. The summed E-state index contributed by atoms with van der Waals surface area (Å²) in [5.41, 5.74) is 4.17. The summed E-state index contributed by atoms with van der Waals surface area (Å²) in [6.07, 6.45) is 5.23. The Kier molecular flexibility index (Phi) is 4.30. The summed E-state index contributed by atoms with van der Waals surface area (Å²) in [5, 5.41) is 2.92. The van der Waals surface area contributed by atoms with Crippen molar-refractivity contribution in [2.24, 2.45) is 0 Å². The number of benzene rings is 2. The number of rotatable bonds is 4. The Morgan fingerprint density at radius 2 is 1.81 bits per heavy atom. The molecule has 1 amide bonds. The Morgan fingerprint density at radius 1 is 1.00 bits per heavy atom. The van der Waals surface area contributed by atoms with E-state index in [9.17, 15) is 4.79 Å². The van der Waals surface area contributed by atoms with E-state index in [-0.39, 0.29) is 5.91 Å². The Morgan fingerprint density at radius 3 is 2.59 bits per heavy atom. The van der Waals surface area contributed by atoms with Crippen LogP contribution in [0.4, 0.5) is 11.5 Å². The number of hydrogen-bond donors (Lipinski definition) is 1. The molecular weight excluding hydrogens is 338 g/mol. The van der Waals surface area contributed by atoms with Gasteiger partial charge in [-0.25, -0.2) is 4.98 Å². The molecule has 0 saturated heterocycles. The van der Waals surface area contributed by atoms with E-state index in [2.05, 4.69) is 21.4 Å². The third-order valence-corrected chi connectivity index (χ3v) is 4.33. The van der Waals surface area contributed by atoms with Gasteiger partial charge >= 0.3 is 0 Å². The number of carbonyl (C=O) groups is 1. The molecule has 0 aliphatic heterocycles. The Bertz CT molecular complexity index is 1100. The molecule has 0 aliphatic rings. The number of amides is 1. The van der Waals surface area contributed by atoms with Gasteiger partial charge in [0.25, 0.3) is 5.91 Å². The molecule has 0 fully saturated rings. The van der Waals surface area contributed by atoms with Crippen molar-refractivity contribution in [2.45, 2.75) is 0 Å². The van der Waals surface area contributed by atoms with Crippen molar-refractivity contribution in [1.29, 1.82) is 0 Å². The molecule has 6 heteroatoms. The average molecular weight is 357 g/mol. The van der Waals surface area contributed by atoms with E-state index in [0.29, 0.717) is 17.0 Å². The number of aromatic nitrogens is 3. The van der Waals surface area contributed by atoms with E-state index in [4.69, 9.17) is 0 Å². The lowest BCUT2D eigenvalue weighted by Gasteiger charge is -2.13. The molecule has 4 rings (SSSR count). The summed E-state index contributed by atoms with van der Waals surface area (Å²) in [4.78, 5) is 23.3. The smallest absolute Gasteiger partial charge is 0.256 e. The topological polar surface area (TPSA) is 62.5 Å². The fourth-order valence-corrected chi connectivity index (χ4v) is 2.85. The largest absolute Gasteiger partial charge is 0.378 e. The number of nitrogens with zero attached hydrogens (tertiary/aromatic N) is 4. The molecule has 0 spiro atoms. The Balaban J connectivity index is 1.69. The lowest BCUT2D eigenvalue weighted by Crippen LogP contribution is -2.13. The molecule has 6 nitrogen and oxygen atoms in total. The highest BCUT2D eigenvalue weighted by Crippen LogP contribution is 2.23. The lowest BCUT2D eigenvalue weighted by atomic mass is 10.1. The molecule has 4 aromatic rings. The third kappa shape index (κ3) is 3.37. The second-order valence-corrected chi connectivity index (χ2v) is 6.41. The fourth-order valence-electron chi connectivity index (χ4n) is 2.85. The summed E-state index contributed by atoms with van der Waals surface area (Å²) in [5.74, 6) is 0.427. The van der Waals surface area contributed by atoms with E-state index in [0.717, 1.165) is 16.9 Å². The van der Waals surface area contributed by atoms with Crippen molar-refractivity contribution in [1.82, 2.24) is 14.4 Å². The van der Waals surface area contributed by atoms with Gasteiger partial charge in [0.05, 0.1) is 18.1 Å². The molecule has 0 atom stereocenters. The van der Waals surface area contributed by atoms with Crippen LogP contribution >= 0.6 is 0 Å². The number of carbonyl (C=O) groups excluding carboxylic acids is 1. The molecule has 2 aromatic heterocycles. The van der Waals surface area contributed by atoms with Gasteiger partial charge in [-0.05, 0) is 24.3 Å². The van der Waals surface area contributed by atoms with Crippen LogP contribution in [0.1, 0.15) is 10.4 Å². The van der Waals surface area contributed by atoms with Crippen LogP contribution in [0.2, 0.25) is 0 Å². The predicted octanol–water partition coefficient (Wildman–Crippen LogP) is 3.71. The molecular formula is C21H19N5O. The van der Waals surface area contributed by atoms with Gasteiger partial charge in [0, 0.05) is 37.1 Å². The quantitative estimate of drug-likeness (QED) is 0.605. The third-order valence-electron chi connectivity index (χ3n) is 4.33. The SMILES string of the molecule is CN(C)c1cccc(-c2cn3c(NC(=O)c4ccccc4)cnc3cn2)c1. The van der Waals surface area contributed by atoms with Gasteiger partial charge in [0.1, 0.15) is 5.82 Å². The van der Waals surface area contributed by atoms with Crippen LogP contribution in [0.25, 0.3) is 16.9 Å². The normalized spacial score (nSPS) is 10.7. The Labute approximate surface area is 157 Å². The van der Waals surface area contributed by atoms with Gasteiger partial charge in [-0.2, -0.15) is 0 Å². The van der Waals surface area contributed by atoms with Gasteiger partial charge in [0.15, 0.2) is 5.65 Å². The molecule has 27 heavy (non-hydrogen) atoms. The second kappa shape index (κ2) is 6.92. The summed E-state index contributed by atoms with van der Waals surface area (Å²) in [6.45, 7) is 0. The summed E-state index contributed by atoms with van der Waals surface area (Å²) < 4.78 is 1.84. The standard InChI is InChI=1S/C21H19N5O/c1-25(2)17-10-6-9-16(11-17)18-14-26-19(12-22-18)23-13-20(26)24-21(27)15-7-4-3-5-8-15/h3-14H,1-2H3,(H,24,27). The van der Waals surface area contributed by atoms with Crippen LogP contribution in [0.3, 0.4) is 0 Å². The number of fused-ring (bicyclic) bond motifs is 1. The van der Waals surface area contributed by atoms with E-state index in [1.165, 1.54) is 0 Å². The van der Waals surface area contributed by atoms with Crippen molar-refractivity contribution in [2.75, 3.05) is 24.3 Å². The van der Waals surface area contributed by atoms with Gasteiger partial charge in [-0.15, -0.1) is 0 Å². The van der Waals surface area contributed by atoms with Gasteiger partial charge < -0.3 is 10.2 Å². The first-order valence-electron chi connectivity index (χ1n) is 8.59. The van der Waals surface area contributed by atoms with E-state index < -0.39 is 0 Å². The van der Waals surface area contributed by atoms with Gasteiger partial charge in [0.2, 0.25) is 0 Å². The van der Waals surface area contributed by atoms with E-state index in [1.807, 2.05) is 66.0 Å². The molecule has 0 aliphatic carbocycles. The first-order valence-corrected chi connectivity index (χ1v) is 8.59. The Hall–Kier alpha value is -3.67. The first-order chi connectivity index (χ1) is 13.1. The predicted molar refractivity (Wildman–Crippen MR) is 107 cm³/mol. The number of anilines is 2. The maximum atomic E-state index is 12.5. The minimum absolute atomic E-state index is 0.176. The van der Waals surface area contributed by atoms with Crippen molar-refractivity contribution in [3.8, 4) is 11.3 Å². The molecule has 0 unspecified atom stereocenters. The molecule has 2 aromatic carbocycles. The lowest BCUT2D eigenvalue weighted by molar-refractivity contribution is 0.102. The highest BCUT2D eigenvalue weighted by Gasteiger charge is 2.11. The van der Waals surface area contributed by atoms with Crippen LogP contribution < -0.4 is 10.2 Å². The highest BCUT2D eigenvalue weighted by atomic mass is 16.1. The zero-order chi connectivity index (χ0) is 18.8. The second-order valence-electron chi connectivity index (χ2n) is 6.41. The average Bonchev–Trinajstić information content (AvgIpc) is 3.10. The molecule has 134 valence electrons. The van der Waals surface area contributed by atoms with Crippen molar-refractivity contribution in [3.05, 3.63) is 78.8 Å². The van der Waals surface area contributed by atoms with E-state index >= 15 is 0 Å². The van der Waals surface area contributed by atoms with Crippen LogP contribution in [0.5, 0.6) is 0 Å². The van der Waals surface area contributed by atoms with Crippen LogP contribution in [0, 0.1) is 0 Å². The zero-order valence-corrected chi connectivity index (χ0v) is 15.1. The highest BCUT2D eigenvalue weighted by molar-refractivity contribution is 6.03. The maximum absolute atomic E-state index is 12.5. The van der Waals surface area contributed by atoms with Crippen LogP contribution in [0.15, 0.2) is 73.2 Å². The monoisotopic (exact) mass is 357 g/mol. The number of hydrogen-bond acceptors (Lipinski definition) is 4. The summed E-state index contributed by atoms with van der Waals surface area (Å²) >= 11 is 0. The molecule has 0 bridgehead atoms. The van der Waals surface area contributed by atoms with Crippen LogP contribution in [-0.2, 0) is 0 Å². The zero-order valence-electron chi connectivity index (χ0n) is 15.1. The van der Waals surface area contributed by atoms with E-state index in [1.54, 1.807) is 24.5 Å². The first kappa shape index (κ1) is 16.8. The molecule has 0 radical (unpaired) electrons. The maximum Gasteiger partial charge on any atom is 0.256 e. The molecule has 2 heterocycles. The van der Waals surface area contributed by atoms with Gasteiger partial charge in [-0.3, -0.25) is 14.2 Å². The van der Waals surface area contributed by atoms with Crippen molar-refractivity contribution in [3.63, 3.8) is 0 Å². The summed E-state index contributed by atoms with van der Waals surface area (Å²) in [6, 6.07) is 17.2. The fraction of sp³-hybridized carbons (Fsp3) is 0.0952. The van der Waals surface area contributed by atoms with Crippen molar-refractivity contribution >= 4 is 23.1 Å². The molecule has 1 N–H and O–H groups in total. The minimum atomic E-state index is -0.176. The number of imidazole rings is 1. The van der Waals surface area contributed by atoms with Crippen molar-refractivity contribution < 1.29 is 4.79 Å². The minimum Gasteiger partial charge on any atom is -0.378 e.